The van der Waals surface area contributed by atoms with Gasteiger partial charge in [0, 0.05) is 12.7 Å². The van der Waals surface area contributed by atoms with E-state index in [1.54, 1.807) is 6.07 Å². The smallest absolute Gasteiger partial charge is 0.356 e. The molecule has 0 bridgehead atoms. The average molecular weight is 279 g/mol. The number of hydrogen-bond acceptors (Lipinski definition) is 3. The minimum atomic E-state index is -1.18. The van der Waals surface area contributed by atoms with Crippen LogP contribution >= 0.6 is 0 Å². The fourth-order valence-electron chi connectivity index (χ4n) is 1.40. The first kappa shape index (κ1) is 15.9. The first-order valence-electron chi connectivity index (χ1n) is 6.45. The van der Waals surface area contributed by atoms with Gasteiger partial charge < -0.3 is 15.7 Å². The van der Waals surface area contributed by atoms with Crippen LogP contribution in [0.15, 0.2) is 18.3 Å². The van der Waals surface area contributed by atoms with Crippen LogP contribution in [0.5, 0.6) is 0 Å². The van der Waals surface area contributed by atoms with Crippen molar-refractivity contribution in [2.24, 2.45) is 11.3 Å². The highest BCUT2D eigenvalue weighted by molar-refractivity contribution is 5.98. The van der Waals surface area contributed by atoms with E-state index < -0.39 is 12.0 Å². The van der Waals surface area contributed by atoms with Crippen molar-refractivity contribution in [2.45, 2.75) is 27.7 Å². The summed E-state index contributed by atoms with van der Waals surface area (Å²) in [6.07, 6.45) is 1.37. The second kappa shape index (κ2) is 6.36. The Morgan fingerprint density at radius 1 is 1.40 bits per heavy atom. The molecule has 1 atom stereocenters. The van der Waals surface area contributed by atoms with Crippen molar-refractivity contribution in [1.82, 2.24) is 10.3 Å². The summed E-state index contributed by atoms with van der Waals surface area (Å²) in [6.45, 7) is 8.85. The molecule has 6 heteroatoms. The number of amides is 2. The third kappa shape index (κ3) is 4.53. The molecule has 0 spiro atoms. The molecule has 0 saturated carbocycles. The van der Waals surface area contributed by atoms with E-state index in [2.05, 4.69) is 36.4 Å². The Kier molecular flexibility index (Phi) is 5.07. The van der Waals surface area contributed by atoms with E-state index in [0.717, 1.165) is 0 Å². The number of urea groups is 1. The van der Waals surface area contributed by atoms with E-state index in [1.165, 1.54) is 12.3 Å². The largest absolute Gasteiger partial charge is 0.476 e. The fourth-order valence-corrected chi connectivity index (χ4v) is 1.40. The van der Waals surface area contributed by atoms with Crippen molar-refractivity contribution < 1.29 is 14.7 Å². The zero-order valence-electron chi connectivity index (χ0n) is 12.2. The van der Waals surface area contributed by atoms with Crippen LogP contribution in [0.3, 0.4) is 0 Å². The third-order valence-electron chi connectivity index (χ3n) is 3.31. The van der Waals surface area contributed by atoms with Gasteiger partial charge in [-0.15, -0.1) is 0 Å². The zero-order chi connectivity index (χ0) is 15.3. The Morgan fingerprint density at radius 2 is 2.05 bits per heavy atom. The molecule has 1 rings (SSSR count). The number of carbonyl (C=O) groups is 2. The quantitative estimate of drug-likeness (QED) is 0.790. The Labute approximate surface area is 118 Å². The number of pyridine rings is 1. The molecule has 0 aliphatic carbocycles. The van der Waals surface area contributed by atoms with E-state index in [9.17, 15) is 9.59 Å². The highest BCUT2D eigenvalue weighted by Crippen LogP contribution is 2.24. The molecule has 1 aromatic rings. The van der Waals surface area contributed by atoms with Crippen molar-refractivity contribution in [3.05, 3.63) is 24.0 Å². The summed E-state index contributed by atoms with van der Waals surface area (Å²) in [4.78, 5) is 26.5. The van der Waals surface area contributed by atoms with Gasteiger partial charge in [0.2, 0.25) is 0 Å². The first-order valence-corrected chi connectivity index (χ1v) is 6.45. The molecule has 6 nitrogen and oxygen atoms in total. The van der Waals surface area contributed by atoms with Gasteiger partial charge in [-0.3, -0.25) is 0 Å². The first-order chi connectivity index (χ1) is 9.21. The summed E-state index contributed by atoms with van der Waals surface area (Å²) in [5.74, 6) is -0.884. The van der Waals surface area contributed by atoms with Crippen LogP contribution in [-0.2, 0) is 0 Å². The van der Waals surface area contributed by atoms with Gasteiger partial charge in [-0.25, -0.2) is 14.6 Å². The summed E-state index contributed by atoms with van der Waals surface area (Å²) >= 11 is 0. The predicted molar refractivity (Wildman–Crippen MR) is 76.8 cm³/mol. The lowest BCUT2D eigenvalue weighted by molar-refractivity contribution is 0.0691. The Hall–Kier alpha value is -2.11. The highest BCUT2D eigenvalue weighted by atomic mass is 16.4. The molecule has 1 aromatic heterocycles. The highest BCUT2D eigenvalue weighted by Gasteiger charge is 2.20. The standard InChI is InChI=1S/C14H21N3O3/c1-9(14(2,3)4)8-16-13(20)17-10-6-5-7-15-11(10)12(18)19/h5-7,9H,8H2,1-4H3,(H,18,19)(H2,16,17,20). The van der Waals surface area contributed by atoms with Gasteiger partial charge in [0.05, 0.1) is 5.69 Å². The number of nitrogens with zero attached hydrogens (tertiary/aromatic N) is 1. The van der Waals surface area contributed by atoms with Crippen LogP contribution < -0.4 is 10.6 Å². The van der Waals surface area contributed by atoms with Crippen LogP contribution in [0.25, 0.3) is 0 Å². The van der Waals surface area contributed by atoms with Crippen LogP contribution in [-0.4, -0.2) is 28.6 Å². The zero-order valence-corrected chi connectivity index (χ0v) is 12.2. The van der Waals surface area contributed by atoms with E-state index in [4.69, 9.17) is 5.11 Å². The Morgan fingerprint density at radius 3 is 2.60 bits per heavy atom. The SMILES string of the molecule is CC(CNC(=O)Nc1cccnc1C(=O)O)C(C)(C)C. The average Bonchev–Trinajstić information content (AvgIpc) is 2.35. The van der Waals surface area contributed by atoms with Crippen molar-refractivity contribution in [1.29, 1.82) is 0 Å². The lowest BCUT2D eigenvalue weighted by Gasteiger charge is -2.27. The fraction of sp³-hybridized carbons (Fsp3) is 0.500. The number of hydrogen-bond donors (Lipinski definition) is 3. The predicted octanol–water partition coefficient (Wildman–Crippen LogP) is 2.58. The van der Waals surface area contributed by atoms with E-state index in [-0.39, 0.29) is 16.8 Å². The summed E-state index contributed by atoms with van der Waals surface area (Å²) in [6, 6.07) is 2.64. The lowest BCUT2D eigenvalue weighted by Crippen LogP contribution is -2.36. The number of carbonyl (C=O) groups excluding carboxylic acids is 1. The van der Waals surface area contributed by atoms with Crippen molar-refractivity contribution in [3.8, 4) is 0 Å². The van der Waals surface area contributed by atoms with E-state index in [1.807, 2.05) is 6.92 Å². The van der Waals surface area contributed by atoms with Crippen molar-refractivity contribution in [2.75, 3.05) is 11.9 Å². The second-order valence-corrected chi connectivity index (χ2v) is 5.81. The van der Waals surface area contributed by atoms with E-state index in [0.29, 0.717) is 12.5 Å². The minimum absolute atomic E-state index is 0.0911. The molecule has 0 radical (unpaired) electrons. The summed E-state index contributed by atoms with van der Waals surface area (Å²) in [5, 5.41) is 14.2. The van der Waals surface area contributed by atoms with Gasteiger partial charge in [0.25, 0.3) is 0 Å². The maximum absolute atomic E-state index is 11.8. The second-order valence-electron chi connectivity index (χ2n) is 5.81. The Balaban J connectivity index is 2.62. The number of nitrogens with one attached hydrogen (secondary N) is 2. The molecule has 20 heavy (non-hydrogen) atoms. The third-order valence-corrected chi connectivity index (χ3v) is 3.31. The molecular weight excluding hydrogens is 258 g/mol. The van der Waals surface area contributed by atoms with Crippen LogP contribution in [0.4, 0.5) is 10.5 Å². The normalized spacial score (nSPS) is 12.6. The summed E-state index contributed by atoms with van der Waals surface area (Å²) in [5.41, 5.74) is 0.0980. The number of carboxylic acids is 1. The molecule has 2 amide bonds. The molecule has 0 saturated heterocycles. The molecule has 110 valence electrons. The molecular formula is C14H21N3O3. The molecule has 0 aliphatic heterocycles. The monoisotopic (exact) mass is 279 g/mol. The van der Waals surface area contributed by atoms with Gasteiger partial charge in [-0.1, -0.05) is 27.7 Å². The molecule has 1 heterocycles. The molecule has 1 unspecified atom stereocenters. The molecule has 3 N–H and O–H groups in total. The molecule has 0 aliphatic rings. The van der Waals surface area contributed by atoms with Crippen molar-refractivity contribution in [3.63, 3.8) is 0 Å². The van der Waals surface area contributed by atoms with Crippen molar-refractivity contribution >= 4 is 17.7 Å². The van der Waals surface area contributed by atoms with E-state index >= 15 is 0 Å². The molecule has 0 fully saturated rings. The van der Waals surface area contributed by atoms with Crippen LogP contribution in [0, 0.1) is 11.3 Å². The Bertz CT molecular complexity index is 495. The van der Waals surface area contributed by atoms with Crippen LogP contribution in [0.1, 0.15) is 38.2 Å². The summed E-state index contributed by atoms with van der Waals surface area (Å²) in [7, 11) is 0. The topological polar surface area (TPSA) is 91.3 Å². The number of aromatic nitrogens is 1. The lowest BCUT2D eigenvalue weighted by atomic mass is 9.82. The minimum Gasteiger partial charge on any atom is -0.476 e. The number of aromatic carboxylic acids is 1. The van der Waals surface area contributed by atoms with Gasteiger partial charge in [0.1, 0.15) is 0 Å². The van der Waals surface area contributed by atoms with Crippen LogP contribution in [0.2, 0.25) is 0 Å². The molecule has 0 aromatic carbocycles. The maximum atomic E-state index is 11.8. The number of anilines is 1. The van der Waals surface area contributed by atoms with Gasteiger partial charge >= 0.3 is 12.0 Å². The van der Waals surface area contributed by atoms with Gasteiger partial charge in [-0.05, 0) is 23.5 Å². The van der Waals surface area contributed by atoms with Gasteiger partial charge in [-0.2, -0.15) is 0 Å². The number of rotatable bonds is 4. The maximum Gasteiger partial charge on any atom is 0.356 e. The number of carboxylic acid groups (broad SMARTS) is 1. The van der Waals surface area contributed by atoms with Gasteiger partial charge in [0.15, 0.2) is 5.69 Å². The summed E-state index contributed by atoms with van der Waals surface area (Å²) < 4.78 is 0.